The van der Waals surface area contributed by atoms with Crippen molar-refractivity contribution in [2.45, 2.75) is 18.9 Å². The quantitative estimate of drug-likeness (QED) is 0.811. The number of carbonyl (C=O) groups excluding carboxylic acids is 2. The van der Waals surface area contributed by atoms with E-state index >= 15 is 0 Å². The Morgan fingerprint density at radius 1 is 1.15 bits per heavy atom. The van der Waals surface area contributed by atoms with Gasteiger partial charge >= 0.3 is 0 Å². The van der Waals surface area contributed by atoms with Crippen molar-refractivity contribution < 1.29 is 9.59 Å². The van der Waals surface area contributed by atoms with Gasteiger partial charge in [-0.15, -0.1) is 0 Å². The second-order valence-electron chi connectivity index (χ2n) is 7.43. The second-order valence-corrected chi connectivity index (χ2v) is 7.43. The lowest BCUT2D eigenvalue weighted by Gasteiger charge is -2.32. The first kappa shape index (κ1) is 17.3. The first-order chi connectivity index (χ1) is 12.6. The molecular formula is C19H27N5O2. The molecule has 0 aliphatic carbocycles. The van der Waals surface area contributed by atoms with Gasteiger partial charge in [0.25, 0.3) is 5.91 Å². The molecule has 4 rings (SSSR count). The smallest absolute Gasteiger partial charge is 0.253 e. The van der Waals surface area contributed by atoms with Gasteiger partial charge in [-0.2, -0.15) is 0 Å². The normalized spacial score (nSPS) is 24.2. The third-order valence-electron chi connectivity index (χ3n) is 5.72. The Morgan fingerprint density at radius 2 is 1.96 bits per heavy atom. The van der Waals surface area contributed by atoms with Gasteiger partial charge < -0.3 is 20.4 Å². The topological polar surface area (TPSA) is 67.9 Å². The fourth-order valence-corrected chi connectivity index (χ4v) is 4.16. The van der Waals surface area contributed by atoms with Gasteiger partial charge in [-0.1, -0.05) is 0 Å². The molecule has 0 aromatic heterocycles. The molecule has 3 aliphatic heterocycles. The maximum absolute atomic E-state index is 13.0. The van der Waals surface area contributed by atoms with Gasteiger partial charge in [0, 0.05) is 70.9 Å². The fourth-order valence-electron chi connectivity index (χ4n) is 4.16. The van der Waals surface area contributed by atoms with Crippen molar-refractivity contribution >= 4 is 23.2 Å². The number of amides is 2. The molecule has 0 spiro atoms. The number of carbonyl (C=O) groups is 2. The Morgan fingerprint density at radius 3 is 2.77 bits per heavy atom. The summed E-state index contributed by atoms with van der Waals surface area (Å²) in [6, 6.07) is 6.12. The molecule has 3 aliphatic rings. The number of likely N-dealkylation sites (tertiary alicyclic amines) is 1. The number of piperazine rings is 1. The predicted molar refractivity (Wildman–Crippen MR) is 102 cm³/mol. The number of rotatable bonds is 2. The lowest BCUT2D eigenvalue weighted by Crippen LogP contribution is -2.49. The maximum atomic E-state index is 13.0. The van der Waals surface area contributed by atoms with Gasteiger partial charge in [0.15, 0.2) is 0 Å². The van der Waals surface area contributed by atoms with Gasteiger partial charge in [-0.05, 0) is 24.6 Å². The molecule has 2 N–H and O–H groups in total. The molecule has 2 fully saturated rings. The van der Waals surface area contributed by atoms with E-state index in [1.807, 2.05) is 30.1 Å². The Bertz CT molecular complexity index is 701. The van der Waals surface area contributed by atoms with Crippen LogP contribution in [0.5, 0.6) is 0 Å². The molecule has 3 heterocycles. The summed E-state index contributed by atoms with van der Waals surface area (Å²) in [4.78, 5) is 31.4. The summed E-state index contributed by atoms with van der Waals surface area (Å²) in [5.74, 6) is 0.0618. The molecule has 140 valence electrons. The highest BCUT2D eigenvalue weighted by Crippen LogP contribution is 2.30. The molecule has 7 nitrogen and oxygen atoms in total. The zero-order chi connectivity index (χ0) is 18.1. The first-order valence-electron chi connectivity index (χ1n) is 9.51. The van der Waals surface area contributed by atoms with E-state index < -0.39 is 0 Å². The molecule has 1 aromatic rings. The van der Waals surface area contributed by atoms with E-state index in [0.29, 0.717) is 24.6 Å². The summed E-state index contributed by atoms with van der Waals surface area (Å²) in [7, 11) is 1.97. The summed E-state index contributed by atoms with van der Waals surface area (Å²) < 4.78 is 0. The lowest BCUT2D eigenvalue weighted by atomic mass is 10.1. The van der Waals surface area contributed by atoms with Crippen LogP contribution in [0.2, 0.25) is 0 Å². The Balaban J connectivity index is 1.47. The average Bonchev–Trinajstić information content (AvgIpc) is 3.11. The molecule has 0 saturated carbocycles. The second kappa shape index (κ2) is 7.25. The van der Waals surface area contributed by atoms with Crippen LogP contribution in [-0.2, 0) is 4.79 Å². The summed E-state index contributed by atoms with van der Waals surface area (Å²) in [5, 5.41) is 6.31. The molecule has 1 atom stereocenters. The average molecular weight is 357 g/mol. The minimum Gasteiger partial charge on any atom is -0.372 e. The predicted octanol–water partition coefficient (Wildman–Crippen LogP) is 0.585. The molecule has 1 aromatic carbocycles. The van der Waals surface area contributed by atoms with E-state index in [1.165, 1.54) is 0 Å². The number of hydrogen-bond donors (Lipinski definition) is 2. The van der Waals surface area contributed by atoms with Crippen LogP contribution in [0.25, 0.3) is 0 Å². The summed E-state index contributed by atoms with van der Waals surface area (Å²) >= 11 is 0. The monoisotopic (exact) mass is 357 g/mol. The summed E-state index contributed by atoms with van der Waals surface area (Å²) in [6.45, 7) is 6.46. The molecule has 2 amide bonds. The van der Waals surface area contributed by atoms with E-state index in [9.17, 15) is 9.59 Å². The van der Waals surface area contributed by atoms with Crippen molar-refractivity contribution in [2.75, 3.05) is 63.1 Å². The Hall–Kier alpha value is -2.12. The van der Waals surface area contributed by atoms with E-state index in [-0.39, 0.29) is 11.8 Å². The Labute approximate surface area is 154 Å². The molecule has 26 heavy (non-hydrogen) atoms. The number of anilines is 2. The fraction of sp³-hybridized carbons (Fsp3) is 0.579. The first-order valence-corrected chi connectivity index (χ1v) is 9.51. The van der Waals surface area contributed by atoms with Gasteiger partial charge in [-0.25, -0.2) is 0 Å². The van der Waals surface area contributed by atoms with Gasteiger partial charge in [-0.3, -0.25) is 14.5 Å². The minimum absolute atomic E-state index is 0.000133. The van der Waals surface area contributed by atoms with E-state index in [2.05, 4.69) is 20.4 Å². The van der Waals surface area contributed by atoms with Gasteiger partial charge in [0.2, 0.25) is 5.91 Å². The van der Waals surface area contributed by atoms with Crippen LogP contribution in [0.3, 0.4) is 0 Å². The number of nitrogens with zero attached hydrogens (tertiary/aromatic N) is 3. The minimum atomic E-state index is 0.000133. The Kier molecular flexibility index (Phi) is 4.82. The summed E-state index contributed by atoms with van der Waals surface area (Å²) in [5.41, 5.74) is 2.35. The number of benzene rings is 1. The molecule has 0 radical (unpaired) electrons. The van der Waals surface area contributed by atoms with Crippen molar-refractivity contribution in [1.82, 2.24) is 15.1 Å². The number of fused-ring (bicyclic) bond motifs is 1. The van der Waals surface area contributed by atoms with Gasteiger partial charge in [0.1, 0.15) is 0 Å². The molecule has 2 saturated heterocycles. The van der Waals surface area contributed by atoms with Crippen molar-refractivity contribution in [3.8, 4) is 0 Å². The summed E-state index contributed by atoms with van der Waals surface area (Å²) in [6.07, 6.45) is 1.50. The van der Waals surface area contributed by atoms with Crippen LogP contribution in [0.1, 0.15) is 23.2 Å². The highest BCUT2D eigenvalue weighted by atomic mass is 16.2. The van der Waals surface area contributed by atoms with Crippen molar-refractivity contribution in [1.29, 1.82) is 0 Å². The van der Waals surface area contributed by atoms with Crippen LogP contribution >= 0.6 is 0 Å². The van der Waals surface area contributed by atoms with Gasteiger partial charge in [0.05, 0.1) is 11.4 Å². The zero-order valence-electron chi connectivity index (χ0n) is 15.3. The van der Waals surface area contributed by atoms with Crippen molar-refractivity contribution in [3.05, 3.63) is 23.8 Å². The third-order valence-corrected chi connectivity index (χ3v) is 5.72. The molecule has 7 heteroatoms. The lowest BCUT2D eigenvalue weighted by molar-refractivity contribution is -0.115. The number of nitrogens with one attached hydrogen (secondary N) is 2. The molecule has 1 unspecified atom stereocenters. The standard InChI is InChI=1S/C19H27N5O2/c1-22-8-5-18(25)21-16-12-14(2-3-17(16)22)19(26)24-9-4-15(13-24)23-10-6-20-7-11-23/h2-3,12,15,20H,4-11,13H2,1H3,(H,21,25). The van der Waals surface area contributed by atoms with E-state index in [1.54, 1.807) is 0 Å². The SMILES string of the molecule is CN1CCC(=O)Nc2cc(C(=O)N3CCC(N4CCNCC4)C3)ccc21. The highest BCUT2D eigenvalue weighted by molar-refractivity contribution is 6.01. The number of hydrogen-bond acceptors (Lipinski definition) is 5. The van der Waals surface area contributed by atoms with E-state index in [4.69, 9.17) is 0 Å². The van der Waals surface area contributed by atoms with Crippen LogP contribution in [0.15, 0.2) is 18.2 Å². The van der Waals surface area contributed by atoms with Crippen LogP contribution in [0, 0.1) is 0 Å². The highest BCUT2D eigenvalue weighted by Gasteiger charge is 2.31. The van der Waals surface area contributed by atoms with Crippen LogP contribution < -0.4 is 15.5 Å². The molecular weight excluding hydrogens is 330 g/mol. The zero-order valence-corrected chi connectivity index (χ0v) is 15.3. The van der Waals surface area contributed by atoms with Crippen molar-refractivity contribution in [3.63, 3.8) is 0 Å². The van der Waals surface area contributed by atoms with Crippen molar-refractivity contribution in [2.24, 2.45) is 0 Å². The van der Waals surface area contributed by atoms with Crippen LogP contribution in [-0.4, -0.2) is 80.5 Å². The third kappa shape index (κ3) is 3.41. The largest absolute Gasteiger partial charge is 0.372 e. The maximum Gasteiger partial charge on any atom is 0.253 e. The molecule has 0 bridgehead atoms. The van der Waals surface area contributed by atoms with Crippen LogP contribution in [0.4, 0.5) is 11.4 Å². The van der Waals surface area contributed by atoms with E-state index in [0.717, 1.165) is 57.1 Å².